The molecule has 1 rings (SSSR count). The lowest BCUT2D eigenvalue weighted by Crippen LogP contribution is -2.25. The standard InChI is InChI=1S/C12H18O4S/c1-11(2)7(9(13)15-5)8(10(14)16-6)12(3,4)17-11/h1-6H3. The topological polar surface area (TPSA) is 52.6 Å². The SMILES string of the molecule is COC(=O)C1=C(C(=O)OC)C(C)(C)SC1(C)C. The van der Waals surface area contributed by atoms with Crippen molar-refractivity contribution < 1.29 is 19.1 Å². The van der Waals surface area contributed by atoms with Crippen LogP contribution in [0.25, 0.3) is 0 Å². The van der Waals surface area contributed by atoms with E-state index in [2.05, 4.69) is 0 Å². The van der Waals surface area contributed by atoms with E-state index in [0.29, 0.717) is 11.1 Å². The Kier molecular flexibility index (Phi) is 3.62. The molecule has 0 fully saturated rings. The van der Waals surface area contributed by atoms with Gasteiger partial charge in [0.1, 0.15) is 0 Å². The molecule has 96 valence electrons. The van der Waals surface area contributed by atoms with Crippen LogP contribution in [0.4, 0.5) is 0 Å². The summed E-state index contributed by atoms with van der Waals surface area (Å²) in [5.74, 6) is -0.929. The largest absolute Gasteiger partial charge is 0.466 e. The molecule has 5 heteroatoms. The lowest BCUT2D eigenvalue weighted by atomic mass is 9.90. The molecule has 4 nitrogen and oxygen atoms in total. The molecule has 1 aliphatic rings. The molecule has 0 radical (unpaired) electrons. The van der Waals surface area contributed by atoms with Gasteiger partial charge in [0, 0.05) is 9.49 Å². The normalized spacial score (nSPS) is 21.3. The van der Waals surface area contributed by atoms with Gasteiger partial charge in [0.25, 0.3) is 0 Å². The third-order valence-corrected chi connectivity index (χ3v) is 4.17. The molecule has 0 aliphatic carbocycles. The fourth-order valence-electron chi connectivity index (χ4n) is 2.24. The molecule has 17 heavy (non-hydrogen) atoms. The summed E-state index contributed by atoms with van der Waals surface area (Å²) in [6.45, 7) is 7.62. The lowest BCUT2D eigenvalue weighted by Gasteiger charge is -2.24. The number of ether oxygens (including phenoxy) is 2. The summed E-state index contributed by atoms with van der Waals surface area (Å²) >= 11 is 1.55. The van der Waals surface area contributed by atoms with E-state index in [-0.39, 0.29) is 0 Å². The van der Waals surface area contributed by atoms with Crippen LogP contribution in [-0.4, -0.2) is 35.7 Å². The first-order chi connectivity index (χ1) is 7.67. The van der Waals surface area contributed by atoms with Gasteiger partial charge in [-0.3, -0.25) is 0 Å². The van der Waals surface area contributed by atoms with Crippen LogP contribution in [0.5, 0.6) is 0 Å². The lowest BCUT2D eigenvalue weighted by molar-refractivity contribution is -0.139. The van der Waals surface area contributed by atoms with Crippen molar-refractivity contribution in [2.75, 3.05) is 14.2 Å². The third-order valence-electron chi connectivity index (χ3n) is 2.74. The van der Waals surface area contributed by atoms with Gasteiger partial charge in [0.2, 0.25) is 0 Å². The molecule has 0 N–H and O–H groups in total. The van der Waals surface area contributed by atoms with Gasteiger partial charge in [-0.05, 0) is 27.7 Å². The van der Waals surface area contributed by atoms with E-state index in [4.69, 9.17) is 9.47 Å². The second-order valence-corrected chi connectivity index (χ2v) is 7.10. The van der Waals surface area contributed by atoms with Gasteiger partial charge < -0.3 is 9.47 Å². The van der Waals surface area contributed by atoms with Crippen molar-refractivity contribution in [3.63, 3.8) is 0 Å². The number of thioether (sulfide) groups is 1. The molecule has 1 aliphatic heterocycles. The van der Waals surface area contributed by atoms with Gasteiger partial charge in [0.05, 0.1) is 25.4 Å². The highest BCUT2D eigenvalue weighted by Gasteiger charge is 2.51. The maximum absolute atomic E-state index is 11.8. The van der Waals surface area contributed by atoms with E-state index in [9.17, 15) is 9.59 Å². The van der Waals surface area contributed by atoms with Crippen molar-refractivity contribution in [1.29, 1.82) is 0 Å². The Labute approximate surface area is 106 Å². The smallest absolute Gasteiger partial charge is 0.335 e. The van der Waals surface area contributed by atoms with Crippen molar-refractivity contribution in [2.24, 2.45) is 0 Å². The number of hydrogen-bond donors (Lipinski definition) is 0. The quantitative estimate of drug-likeness (QED) is 0.708. The molecule has 0 aromatic carbocycles. The molecule has 0 saturated carbocycles. The average Bonchev–Trinajstić information content (AvgIpc) is 2.40. The second kappa shape index (κ2) is 4.37. The maximum Gasteiger partial charge on any atom is 0.335 e. The monoisotopic (exact) mass is 258 g/mol. The van der Waals surface area contributed by atoms with Crippen molar-refractivity contribution in [3.8, 4) is 0 Å². The Bertz CT molecular complexity index is 357. The van der Waals surface area contributed by atoms with E-state index in [1.165, 1.54) is 14.2 Å². The summed E-state index contributed by atoms with van der Waals surface area (Å²) in [5.41, 5.74) is 0.809. The molecule has 0 bridgehead atoms. The number of methoxy groups -OCH3 is 2. The molecule has 0 aromatic heterocycles. The fraction of sp³-hybridized carbons (Fsp3) is 0.667. The van der Waals surface area contributed by atoms with Gasteiger partial charge in [-0.2, -0.15) is 0 Å². The van der Waals surface area contributed by atoms with Crippen LogP contribution < -0.4 is 0 Å². The Morgan fingerprint density at radius 2 is 1.18 bits per heavy atom. The van der Waals surface area contributed by atoms with Crippen LogP contribution in [0.2, 0.25) is 0 Å². The van der Waals surface area contributed by atoms with Crippen LogP contribution >= 0.6 is 11.8 Å². The Morgan fingerprint density at radius 1 is 0.882 bits per heavy atom. The van der Waals surface area contributed by atoms with E-state index < -0.39 is 21.4 Å². The number of carbonyl (C=O) groups is 2. The van der Waals surface area contributed by atoms with Crippen LogP contribution in [-0.2, 0) is 19.1 Å². The molecular weight excluding hydrogens is 240 g/mol. The molecule has 0 unspecified atom stereocenters. The fourth-order valence-corrected chi connectivity index (χ4v) is 4.09. The van der Waals surface area contributed by atoms with Crippen LogP contribution in [0.3, 0.4) is 0 Å². The highest BCUT2D eigenvalue weighted by Crippen LogP contribution is 2.54. The third kappa shape index (κ3) is 2.34. The number of hydrogen-bond acceptors (Lipinski definition) is 5. The predicted molar refractivity (Wildman–Crippen MR) is 66.8 cm³/mol. The highest BCUT2D eigenvalue weighted by molar-refractivity contribution is 8.02. The highest BCUT2D eigenvalue weighted by atomic mass is 32.2. The van der Waals surface area contributed by atoms with Crippen LogP contribution in [0.15, 0.2) is 11.1 Å². The Hall–Kier alpha value is -0.970. The minimum absolute atomic E-state index is 0.404. The van der Waals surface area contributed by atoms with E-state index in [1.807, 2.05) is 27.7 Å². The van der Waals surface area contributed by atoms with Gasteiger partial charge in [-0.1, -0.05) is 0 Å². The molecule has 0 aromatic rings. The number of esters is 2. The van der Waals surface area contributed by atoms with Crippen LogP contribution in [0, 0.1) is 0 Å². The zero-order valence-corrected chi connectivity index (χ0v) is 11.9. The van der Waals surface area contributed by atoms with E-state index in [1.54, 1.807) is 11.8 Å². The molecule has 1 heterocycles. The maximum atomic E-state index is 11.8. The predicted octanol–water partition coefficient (Wildman–Crippen LogP) is 1.93. The zero-order valence-electron chi connectivity index (χ0n) is 11.0. The van der Waals surface area contributed by atoms with Crippen molar-refractivity contribution in [2.45, 2.75) is 37.2 Å². The minimum atomic E-state index is -0.464. The van der Waals surface area contributed by atoms with E-state index in [0.717, 1.165) is 0 Å². The van der Waals surface area contributed by atoms with E-state index >= 15 is 0 Å². The summed E-state index contributed by atoms with van der Waals surface area (Å²) in [6.07, 6.45) is 0. The molecule has 0 atom stereocenters. The Balaban J connectivity index is 3.45. The molecular formula is C12H18O4S. The molecule has 0 amide bonds. The summed E-state index contributed by atoms with van der Waals surface area (Å²) in [5, 5.41) is 0. The van der Waals surface area contributed by atoms with Crippen molar-refractivity contribution in [1.82, 2.24) is 0 Å². The molecule has 0 spiro atoms. The van der Waals surface area contributed by atoms with Crippen molar-refractivity contribution >= 4 is 23.7 Å². The van der Waals surface area contributed by atoms with Gasteiger partial charge in [-0.25, -0.2) is 9.59 Å². The first-order valence-corrected chi connectivity index (χ1v) is 6.11. The van der Waals surface area contributed by atoms with Gasteiger partial charge in [0.15, 0.2) is 0 Å². The number of carbonyl (C=O) groups excluding carboxylic acids is 2. The summed E-state index contributed by atoms with van der Waals surface area (Å²) in [4.78, 5) is 23.7. The van der Waals surface area contributed by atoms with Crippen LogP contribution in [0.1, 0.15) is 27.7 Å². The Morgan fingerprint density at radius 3 is 1.41 bits per heavy atom. The van der Waals surface area contributed by atoms with Crippen molar-refractivity contribution in [3.05, 3.63) is 11.1 Å². The first kappa shape index (κ1) is 14.1. The average molecular weight is 258 g/mol. The first-order valence-electron chi connectivity index (χ1n) is 5.29. The summed E-state index contributed by atoms with van der Waals surface area (Å²) in [7, 11) is 2.63. The van der Waals surface area contributed by atoms with Gasteiger partial charge in [-0.15, -0.1) is 11.8 Å². The second-order valence-electron chi connectivity index (χ2n) is 4.86. The zero-order chi connectivity index (χ0) is 13.4. The molecule has 0 saturated heterocycles. The van der Waals surface area contributed by atoms with Gasteiger partial charge >= 0.3 is 11.9 Å². The number of rotatable bonds is 2. The summed E-state index contributed by atoms with van der Waals surface area (Å²) < 4.78 is 8.62. The minimum Gasteiger partial charge on any atom is -0.466 e. The summed E-state index contributed by atoms with van der Waals surface area (Å²) in [6, 6.07) is 0.